The van der Waals surface area contributed by atoms with Crippen LogP contribution < -0.4 is 10.1 Å². The van der Waals surface area contributed by atoms with Crippen molar-refractivity contribution in [3.63, 3.8) is 0 Å². The third kappa shape index (κ3) is 1.80. The van der Waals surface area contributed by atoms with Crippen molar-refractivity contribution in [1.82, 2.24) is 10.3 Å². The van der Waals surface area contributed by atoms with Gasteiger partial charge in [-0.05, 0) is 12.5 Å². The molecule has 1 atom stereocenters. The Morgan fingerprint density at radius 2 is 2.62 bits per heavy atom. The summed E-state index contributed by atoms with van der Waals surface area (Å²) in [6.07, 6.45) is 4.91. The predicted octanol–water partition coefficient (Wildman–Crippen LogP) is 1.34. The van der Waals surface area contributed by atoms with Crippen molar-refractivity contribution < 1.29 is 4.74 Å². The molecule has 13 heavy (non-hydrogen) atoms. The van der Waals surface area contributed by atoms with Crippen LogP contribution in [0.4, 0.5) is 0 Å². The Hall–Kier alpha value is -1.09. The van der Waals surface area contributed by atoms with Gasteiger partial charge in [0.1, 0.15) is 11.9 Å². The second kappa shape index (κ2) is 3.75. The van der Waals surface area contributed by atoms with Crippen LogP contribution in [0.15, 0.2) is 18.5 Å². The summed E-state index contributed by atoms with van der Waals surface area (Å²) in [4.78, 5) is 4.06. The van der Waals surface area contributed by atoms with Crippen LogP contribution in [0.2, 0.25) is 0 Å². The van der Waals surface area contributed by atoms with Crippen LogP contribution >= 0.6 is 0 Å². The monoisotopic (exact) mass is 178 g/mol. The van der Waals surface area contributed by atoms with Gasteiger partial charge in [-0.1, -0.05) is 6.92 Å². The quantitative estimate of drug-likeness (QED) is 0.704. The molecule has 0 aliphatic carbocycles. The lowest BCUT2D eigenvalue weighted by Gasteiger charge is -2.14. The van der Waals surface area contributed by atoms with Crippen LogP contribution in [-0.2, 0) is 6.54 Å². The Morgan fingerprint density at radius 1 is 1.69 bits per heavy atom. The topological polar surface area (TPSA) is 34.2 Å². The molecule has 1 aliphatic rings. The molecule has 0 bridgehead atoms. The zero-order valence-electron chi connectivity index (χ0n) is 7.79. The maximum Gasteiger partial charge on any atom is 0.142 e. The molecule has 1 aromatic rings. The van der Waals surface area contributed by atoms with E-state index in [0.717, 1.165) is 25.3 Å². The molecule has 0 fully saturated rings. The van der Waals surface area contributed by atoms with E-state index < -0.39 is 0 Å². The minimum Gasteiger partial charge on any atom is -0.487 e. The fourth-order valence-electron chi connectivity index (χ4n) is 1.48. The molecule has 3 heteroatoms. The summed E-state index contributed by atoms with van der Waals surface area (Å²) in [7, 11) is 0. The molecule has 2 heterocycles. The van der Waals surface area contributed by atoms with Gasteiger partial charge >= 0.3 is 0 Å². The van der Waals surface area contributed by atoms with Crippen LogP contribution in [0, 0.1) is 0 Å². The minimum absolute atomic E-state index is 0.283. The maximum atomic E-state index is 5.78. The van der Waals surface area contributed by atoms with Gasteiger partial charge in [-0.25, -0.2) is 0 Å². The summed E-state index contributed by atoms with van der Waals surface area (Å²) in [5.74, 6) is 0.930. The Bertz CT molecular complexity index is 288. The molecule has 0 spiro atoms. The maximum absolute atomic E-state index is 5.78. The fourth-order valence-corrected chi connectivity index (χ4v) is 1.48. The molecule has 0 radical (unpaired) electrons. The van der Waals surface area contributed by atoms with E-state index in [-0.39, 0.29) is 6.10 Å². The van der Waals surface area contributed by atoms with Gasteiger partial charge in [0, 0.05) is 24.8 Å². The van der Waals surface area contributed by atoms with Crippen LogP contribution in [0.3, 0.4) is 0 Å². The first-order valence-electron chi connectivity index (χ1n) is 4.70. The zero-order valence-corrected chi connectivity index (χ0v) is 7.79. The second-order valence-corrected chi connectivity index (χ2v) is 3.26. The Kier molecular flexibility index (Phi) is 2.45. The predicted molar refractivity (Wildman–Crippen MR) is 50.7 cm³/mol. The van der Waals surface area contributed by atoms with Crippen LogP contribution in [0.5, 0.6) is 5.75 Å². The number of aromatic nitrogens is 1. The lowest BCUT2D eigenvalue weighted by molar-refractivity contribution is 0.201. The van der Waals surface area contributed by atoms with Gasteiger partial charge in [0.2, 0.25) is 0 Å². The lowest BCUT2D eigenvalue weighted by Crippen LogP contribution is -2.27. The SMILES string of the molecule is CC[C@@H]1CNCc2ccncc2O1. The van der Waals surface area contributed by atoms with E-state index in [4.69, 9.17) is 4.74 Å². The van der Waals surface area contributed by atoms with Crippen molar-refractivity contribution in [2.24, 2.45) is 0 Å². The highest BCUT2D eigenvalue weighted by Crippen LogP contribution is 2.20. The molecule has 0 aromatic carbocycles. The van der Waals surface area contributed by atoms with E-state index in [1.165, 1.54) is 5.56 Å². The van der Waals surface area contributed by atoms with E-state index in [1.54, 1.807) is 12.4 Å². The zero-order chi connectivity index (χ0) is 9.10. The second-order valence-electron chi connectivity index (χ2n) is 3.26. The van der Waals surface area contributed by atoms with Crippen LogP contribution in [-0.4, -0.2) is 17.6 Å². The largest absolute Gasteiger partial charge is 0.487 e. The van der Waals surface area contributed by atoms with Crippen molar-refractivity contribution in [2.45, 2.75) is 26.0 Å². The number of pyridine rings is 1. The lowest BCUT2D eigenvalue weighted by atomic mass is 10.2. The molecular formula is C10H14N2O. The fraction of sp³-hybridized carbons (Fsp3) is 0.500. The van der Waals surface area contributed by atoms with Crippen molar-refractivity contribution in [1.29, 1.82) is 0 Å². The summed E-state index contributed by atoms with van der Waals surface area (Å²) in [6, 6.07) is 2.00. The molecule has 3 nitrogen and oxygen atoms in total. The van der Waals surface area contributed by atoms with E-state index >= 15 is 0 Å². The standard InChI is InChI=1S/C10H14N2O/c1-2-9-6-12-5-8-3-4-11-7-10(8)13-9/h3-4,7,9,12H,2,5-6H2,1H3/t9-/m1/s1. The average Bonchev–Trinajstić information content (AvgIpc) is 2.38. The highest BCUT2D eigenvalue weighted by Gasteiger charge is 2.14. The smallest absolute Gasteiger partial charge is 0.142 e. The summed E-state index contributed by atoms with van der Waals surface area (Å²) in [6.45, 7) is 3.94. The number of nitrogens with zero attached hydrogens (tertiary/aromatic N) is 1. The highest BCUT2D eigenvalue weighted by atomic mass is 16.5. The van der Waals surface area contributed by atoms with Gasteiger partial charge in [-0.15, -0.1) is 0 Å². The van der Waals surface area contributed by atoms with E-state index in [2.05, 4.69) is 17.2 Å². The van der Waals surface area contributed by atoms with Gasteiger partial charge < -0.3 is 10.1 Å². The summed E-state index contributed by atoms with van der Waals surface area (Å²) >= 11 is 0. The van der Waals surface area contributed by atoms with Gasteiger partial charge in [-0.3, -0.25) is 4.98 Å². The Morgan fingerprint density at radius 3 is 3.46 bits per heavy atom. The van der Waals surface area contributed by atoms with Gasteiger partial charge in [0.15, 0.2) is 0 Å². The van der Waals surface area contributed by atoms with E-state index in [0.29, 0.717) is 0 Å². The first-order valence-corrected chi connectivity index (χ1v) is 4.70. The summed E-state index contributed by atoms with van der Waals surface area (Å²) in [5, 5.41) is 3.35. The average molecular weight is 178 g/mol. The van der Waals surface area contributed by atoms with Crippen LogP contribution in [0.1, 0.15) is 18.9 Å². The van der Waals surface area contributed by atoms with Crippen molar-refractivity contribution in [2.75, 3.05) is 6.54 Å². The number of ether oxygens (including phenoxy) is 1. The van der Waals surface area contributed by atoms with Crippen molar-refractivity contribution in [3.05, 3.63) is 24.0 Å². The van der Waals surface area contributed by atoms with E-state index in [1.807, 2.05) is 6.07 Å². The molecule has 2 rings (SSSR count). The first-order chi connectivity index (χ1) is 6.40. The molecule has 0 saturated carbocycles. The van der Waals surface area contributed by atoms with Gasteiger partial charge in [-0.2, -0.15) is 0 Å². The number of hydrogen-bond acceptors (Lipinski definition) is 3. The molecule has 1 aromatic heterocycles. The molecule has 70 valence electrons. The highest BCUT2D eigenvalue weighted by molar-refractivity contribution is 5.30. The number of hydrogen-bond donors (Lipinski definition) is 1. The number of nitrogens with one attached hydrogen (secondary N) is 1. The minimum atomic E-state index is 0.283. The molecule has 0 saturated heterocycles. The van der Waals surface area contributed by atoms with Gasteiger partial charge in [0.05, 0.1) is 6.20 Å². The van der Waals surface area contributed by atoms with Crippen molar-refractivity contribution >= 4 is 0 Å². The normalized spacial score (nSPS) is 21.5. The van der Waals surface area contributed by atoms with Gasteiger partial charge in [0.25, 0.3) is 0 Å². The first kappa shape index (κ1) is 8.51. The van der Waals surface area contributed by atoms with Crippen LogP contribution in [0.25, 0.3) is 0 Å². The molecule has 1 N–H and O–H groups in total. The Labute approximate surface area is 78.1 Å². The molecule has 0 unspecified atom stereocenters. The third-order valence-electron chi connectivity index (χ3n) is 2.31. The molecule has 0 amide bonds. The molecule has 1 aliphatic heterocycles. The number of fused-ring (bicyclic) bond motifs is 1. The third-order valence-corrected chi connectivity index (χ3v) is 2.31. The van der Waals surface area contributed by atoms with Crippen molar-refractivity contribution in [3.8, 4) is 5.75 Å². The summed E-state index contributed by atoms with van der Waals surface area (Å²) in [5.41, 5.74) is 1.20. The number of rotatable bonds is 1. The Balaban J connectivity index is 2.23. The van der Waals surface area contributed by atoms with E-state index in [9.17, 15) is 0 Å². The summed E-state index contributed by atoms with van der Waals surface area (Å²) < 4.78 is 5.78. The molecular weight excluding hydrogens is 164 g/mol.